The van der Waals surface area contributed by atoms with Gasteiger partial charge < -0.3 is 38.5 Å². The Balaban J connectivity index is 1.27. The highest BCUT2D eigenvalue weighted by molar-refractivity contribution is 7.53. The van der Waals surface area contributed by atoms with Crippen molar-refractivity contribution in [1.29, 1.82) is 0 Å². The number of methoxy groups -OCH3 is 1. The minimum absolute atomic E-state index is 0.00732. The lowest BCUT2D eigenvalue weighted by molar-refractivity contribution is -0.157. The molecule has 2 amide bonds. The van der Waals surface area contributed by atoms with Gasteiger partial charge in [0.25, 0.3) is 5.91 Å². The molecule has 16 heteroatoms. The van der Waals surface area contributed by atoms with E-state index in [2.05, 4.69) is 10.3 Å². The van der Waals surface area contributed by atoms with Crippen molar-refractivity contribution in [3.05, 3.63) is 114 Å². The minimum Gasteiger partial charge on any atom is -0.433 e. The molecule has 0 saturated carbocycles. The van der Waals surface area contributed by atoms with Crippen LogP contribution >= 0.6 is 7.60 Å². The average Bonchev–Trinajstić information content (AvgIpc) is 3.76. The molecule has 2 aliphatic rings. The van der Waals surface area contributed by atoms with Crippen molar-refractivity contribution in [1.82, 2.24) is 25.2 Å². The Labute approximate surface area is 339 Å². The summed E-state index contributed by atoms with van der Waals surface area (Å²) in [5.41, 5.74) is 2.23. The Morgan fingerprint density at radius 3 is 2.05 bits per heavy atom. The molecule has 2 aliphatic heterocycles. The highest BCUT2D eigenvalue weighted by Gasteiger charge is 2.38. The van der Waals surface area contributed by atoms with Crippen LogP contribution in [0.15, 0.2) is 97.1 Å². The highest BCUT2D eigenvalue weighted by Crippen LogP contribution is 2.50. The normalized spacial score (nSPS) is 16.5. The van der Waals surface area contributed by atoms with Gasteiger partial charge in [0, 0.05) is 44.9 Å². The number of anilines is 1. The zero-order valence-corrected chi connectivity index (χ0v) is 33.8. The molecule has 0 radical (unpaired) electrons. The third-order valence-electron chi connectivity index (χ3n) is 9.80. The van der Waals surface area contributed by atoms with Crippen LogP contribution in [-0.2, 0) is 45.9 Å². The first-order valence-electron chi connectivity index (χ1n) is 19.6. The summed E-state index contributed by atoms with van der Waals surface area (Å²) in [5, 5.41) is 4.29. The van der Waals surface area contributed by atoms with Gasteiger partial charge in [-0.2, -0.15) is 0 Å². The summed E-state index contributed by atoms with van der Waals surface area (Å²) < 4.78 is 37.6. The monoisotopic (exact) mass is 814 g/mol. The lowest BCUT2D eigenvalue weighted by Gasteiger charge is -2.35. The van der Waals surface area contributed by atoms with E-state index in [1.54, 1.807) is 13.2 Å². The first-order valence-corrected chi connectivity index (χ1v) is 21.3. The number of hydrogen-bond donors (Lipinski definition) is 1. The van der Waals surface area contributed by atoms with Crippen LogP contribution in [0.3, 0.4) is 0 Å². The molecule has 2 fully saturated rings. The van der Waals surface area contributed by atoms with E-state index in [4.69, 9.17) is 28.3 Å². The van der Waals surface area contributed by atoms with Crippen LogP contribution in [-0.4, -0.2) is 109 Å². The molecule has 2 saturated heterocycles. The molecule has 3 heterocycles. The summed E-state index contributed by atoms with van der Waals surface area (Å²) in [6.07, 6.45) is 1.10. The predicted octanol–water partition coefficient (Wildman–Crippen LogP) is 6.11. The molecular weight excluding hydrogens is 763 g/mol. The quantitative estimate of drug-likeness (QED) is 0.0697. The fourth-order valence-electron chi connectivity index (χ4n) is 6.49. The number of amides is 2. The van der Waals surface area contributed by atoms with E-state index in [0.29, 0.717) is 30.3 Å². The number of hydroxylamine groups is 2. The van der Waals surface area contributed by atoms with Crippen molar-refractivity contribution in [2.24, 2.45) is 0 Å². The molecule has 0 bridgehead atoms. The number of carbonyl (C=O) groups is 3. The van der Waals surface area contributed by atoms with Crippen molar-refractivity contribution in [2.75, 3.05) is 64.0 Å². The maximum atomic E-state index is 14.8. The summed E-state index contributed by atoms with van der Waals surface area (Å²) >= 11 is 0. The Kier molecular flexibility index (Phi) is 15.4. The summed E-state index contributed by atoms with van der Waals surface area (Å²) in [7, 11) is -2.44. The van der Waals surface area contributed by atoms with Crippen LogP contribution in [0.5, 0.6) is 0 Å². The number of aromatic nitrogens is 2. The van der Waals surface area contributed by atoms with E-state index in [1.807, 2.05) is 103 Å². The predicted molar refractivity (Wildman–Crippen MR) is 217 cm³/mol. The van der Waals surface area contributed by atoms with Gasteiger partial charge in [-0.15, -0.1) is 5.06 Å². The standard InChI is InChI=1S/C42H51N6O9P/c1-3-4-26-54-42(51)57-48-24-22-46(23-25-48)41(50)37(31-58(52,55-29-32-14-8-5-9-15-32)56-30-33-16-10-6-11-17-33)44-40(49)36-27-38(47-21-20-35(28-47)53-2)45-39(43-36)34-18-12-7-13-19-34/h5-19,27,35,37H,3-4,20-26,28-31H2,1-2H3,(H,44,49)/t35-,37-/m0/s1. The van der Waals surface area contributed by atoms with Gasteiger partial charge in [-0.25, -0.2) is 14.8 Å². The van der Waals surface area contributed by atoms with Crippen LogP contribution in [0.25, 0.3) is 11.4 Å². The summed E-state index contributed by atoms with van der Waals surface area (Å²) in [6, 6.07) is 28.0. The van der Waals surface area contributed by atoms with Crippen LogP contribution in [0.4, 0.5) is 10.6 Å². The number of carbonyl (C=O) groups excluding carboxylic acids is 3. The number of unbranched alkanes of at least 4 members (excludes halogenated alkanes) is 1. The molecule has 1 N–H and O–H groups in total. The van der Waals surface area contributed by atoms with Crippen molar-refractivity contribution in [2.45, 2.75) is 51.5 Å². The average molecular weight is 815 g/mol. The van der Waals surface area contributed by atoms with E-state index >= 15 is 0 Å². The molecule has 4 aromatic rings. The van der Waals surface area contributed by atoms with Gasteiger partial charge in [-0.1, -0.05) is 104 Å². The molecule has 0 aliphatic carbocycles. The lowest BCUT2D eigenvalue weighted by Crippen LogP contribution is -2.56. The van der Waals surface area contributed by atoms with Gasteiger partial charge in [-0.05, 0) is 24.0 Å². The van der Waals surface area contributed by atoms with Gasteiger partial charge in [0.05, 0.1) is 45.2 Å². The van der Waals surface area contributed by atoms with Gasteiger partial charge >= 0.3 is 13.8 Å². The third kappa shape index (κ3) is 12.2. The zero-order chi connectivity index (χ0) is 40.7. The fourth-order valence-corrected chi connectivity index (χ4v) is 8.16. The molecule has 0 unspecified atom stereocenters. The fraction of sp³-hybridized carbons (Fsp3) is 0.405. The molecule has 0 spiro atoms. The first-order chi connectivity index (χ1) is 28.2. The van der Waals surface area contributed by atoms with E-state index in [-0.39, 0.29) is 57.8 Å². The second-order valence-electron chi connectivity index (χ2n) is 14.0. The van der Waals surface area contributed by atoms with Crippen LogP contribution < -0.4 is 10.2 Å². The lowest BCUT2D eigenvalue weighted by atomic mass is 10.2. The highest BCUT2D eigenvalue weighted by atomic mass is 31.2. The first kappa shape index (κ1) is 42.4. The Morgan fingerprint density at radius 1 is 0.845 bits per heavy atom. The van der Waals surface area contributed by atoms with E-state index in [1.165, 1.54) is 9.96 Å². The maximum absolute atomic E-state index is 14.8. The van der Waals surface area contributed by atoms with Crippen molar-refractivity contribution in [3.8, 4) is 11.4 Å². The minimum atomic E-state index is -4.11. The SMILES string of the molecule is CCCCOC(=O)ON1CCN(C(=O)[C@H](CP(=O)(OCc2ccccc2)OCc2ccccc2)NC(=O)c2cc(N3CC[C@H](OC)C3)nc(-c3ccccc3)n2)CC1. The van der Waals surface area contributed by atoms with Gasteiger partial charge in [0.2, 0.25) is 5.91 Å². The largest absolute Gasteiger partial charge is 0.527 e. The Bertz CT molecular complexity index is 1940. The summed E-state index contributed by atoms with van der Waals surface area (Å²) in [5.74, 6) is -0.310. The number of hydrogen-bond acceptors (Lipinski definition) is 13. The van der Waals surface area contributed by atoms with E-state index in [0.717, 1.165) is 30.4 Å². The molecule has 15 nitrogen and oxygen atoms in total. The van der Waals surface area contributed by atoms with Crippen LogP contribution in [0, 0.1) is 0 Å². The number of ether oxygens (including phenoxy) is 2. The van der Waals surface area contributed by atoms with Gasteiger partial charge in [0.15, 0.2) is 5.82 Å². The molecule has 58 heavy (non-hydrogen) atoms. The second-order valence-corrected chi connectivity index (χ2v) is 16.1. The topological polar surface area (TPSA) is 162 Å². The third-order valence-corrected chi connectivity index (χ3v) is 11.7. The zero-order valence-electron chi connectivity index (χ0n) is 32.9. The molecule has 2 atom stereocenters. The molecular formula is C42H51N6O9P. The Morgan fingerprint density at radius 2 is 1.47 bits per heavy atom. The van der Waals surface area contributed by atoms with Crippen molar-refractivity contribution in [3.63, 3.8) is 0 Å². The molecule has 1 aromatic heterocycles. The number of nitrogens with one attached hydrogen (secondary N) is 1. The molecule has 6 rings (SSSR count). The van der Waals surface area contributed by atoms with Crippen molar-refractivity contribution >= 4 is 31.4 Å². The van der Waals surface area contributed by atoms with Crippen molar-refractivity contribution < 1.29 is 42.3 Å². The molecule has 308 valence electrons. The summed E-state index contributed by atoms with van der Waals surface area (Å²) in [6.45, 7) is 4.06. The van der Waals surface area contributed by atoms with Gasteiger partial charge in [0.1, 0.15) is 17.6 Å². The van der Waals surface area contributed by atoms with Crippen LogP contribution in [0.2, 0.25) is 0 Å². The number of benzene rings is 3. The number of nitrogens with zero attached hydrogens (tertiary/aromatic N) is 5. The molecule has 3 aromatic carbocycles. The van der Waals surface area contributed by atoms with Crippen LogP contribution in [0.1, 0.15) is 47.8 Å². The number of rotatable bonds is 18. The van der Waals surface area contributed by atoms with Gasteiger partial charge in [-0.3, -0.25) is 14.2 Å². The Hall–Kier alpha value is -5.18. The smallest absolute Gasteiger partial charge is 0.433 e. The maximum Gasteiger partial charge on any atom is 0.527 e. The summed E-state index contributed by atoms with van der Waals surface area (Å²) in [4.78, 5) is 59.5. The second kappa shape index (κ2) is 21.0. The van der Waals surface area contributed by atoms with E-state index in [9.17, 15) is 18.9 Å². The number of piperazine rings is 1. The van der Waals surface area contributed by atoms with E-state index < -0.39 is 37.8 Å².